The maximum absolute atomic E-state index is 11.3. The summed E-state index contributed by atoms with van der Waals surface area (Å²) in [6.07, 6.45) is 2.77. The third-order valence-corrected chi connectivity index (χ3v) is 2.85. The first-order valence-electron chi connectivity index (χ1n) is 5.98. The van der Waals surface area contributed by atoms with E-state index in [0.717, 1.165) is 5.56 Å². The van der Waals surface area contributed by atoms with Crippen LogP contribution in [0.15, 0.2) is 39.1 Å². The number of methoxy groups -OCH3 is 1. The van der Waals surface area contributed by atoms with Crippen molar-refractivity contribution in [2.45, 2.75) is 20.3 Å². The summed E-state index contributed by atoms with van der Waals surface area (Å²) in [6, 6.07) is 4.91. The molecular weight excluding hydrogens is 244 g/mol. The van der Waals surface area contributed by atoms with Crippen molar-refractivity contribution in [2.75, 3.05) is 7.11 Å². The van der Waals surface area contributed by atoms with Gasteiger partial charge in [-0.1, -0.05) is 11.6 Å². The van der Waals surface area contributed by atoms with Gasteiger partial charge in [-0.15, -0.1) is 0 Å². The lowest BCUT2D eigenvalue weighted by molar-refractivity contribution is 0.409. The number of hydrogen-bond donors (Lipinski definition) is 1. The molecule has 1 heterocycles. The van der Waals surface area contributed by atoms with Gasteiger partial charge in [-0.3, -0.25) is 0 Å². The number of fused-ring (bicyclic) bond motifs is 1. The molecule has 1 aromatic heterocycles. The van der Waals surface area contributed by atoms with Crippen molar-refractivity contribution < 1.29 is 14.3 Å². The Labute approximate surface area is 110 Å². The Balaban J connectivity index is 2.60. The van der Waals surface area contributed by atoms with Gasteiger partial charge in [0.25, 0.3) is 0 Å². The SMILES string of the molecule is COc1cc2cc(O)c(=O)oc2cc1CC=C(C)C. The minimum atomic E-state index is -0.731. The molecule has 0 saturated carbocycles. The van der Waals surface area contributed by atoms with Gasteiger partial charge in [-0.05, 0) is 38.5 Å². The van der Waals surface area contributed by atoms with Crippen LogP contribution in [-0.4, -0.2) is 12.2 Å². The van der Waals surface area contributed by atoms with E-state index in [0.29, 0.717) is 23.1 Å². The molecule has 4 nitrogen and oxygen atoms in total. The molecule has 2 rings (SSSR count). The molecule has 0 spiro atoms. The normalized spacial score (nSPS) is 10.5. The Kier molecular flexibility index (Phi) is 3.60. The highest BCUT2D eigenvalue weighted by atomic mass is 16.5. The molecular formula is C15H16O4. The van der Waals surface area contributed by atoms with Crippen molar-refractivity contribution in [3.8, 4) is 11.5 Å². The van der Waals surface area contributed by atoms with Crippen LogP contribution in [0.5, 0.6) is 11.5 Å². The lowest BCUT2D eigenvalue weighted by atomic mass is 10.1. The Morgan fingerprint density at radius 1 is 1.37 bits per heavy atom. The van der Waals surface area contributed by atoms with Crippen LogP contribution in [0, 0.1) is 0 Å². The Bertz CT molecular complexity index is 691. The number of hydrogen-bond acceptors (Lipinski definition) is 4. The number of rotatable bonds is 3. The summed E-state index contributed by atoms with van der Waals surface area (Å²) < 4.78 is 10.4. The smallest absolute Gasteiger partial charge is 0.378 e. The zero-order chi connectivity index (χ0) is 14.0. The molecule has 0 amide bonds. The van der Waals surface area contributed by atoms with Crippen LogP contribution < -0.4 is 10.4 Å². The summed E-state index contributed by atoms with van der Waals surface area (Å²) in [5, 5.41) is 10.0. The number of benzene rings is 1. The molecule has 100 valence electrons. The number of allylic oxidation sites excluding steroid dienone is 2. The van der Waals surface area contributed by atoms with Crippen LogP contribution in [-0.2, 0) is 6.42 Å². The van der Waals surface area contributed by atoms with Crippen molar-refractivity contribution in [1.82, 2.24) is 0 Å². The summed E-state index contributed by atoms with van der Waals surface area (Å²) in [6.45, 7) is 4.04. The van der Waals surface area contributed by atoms with E-state index in [4.69, 9.17) is 9.15 Å². The number of aromatic hydroxyl groups is 1. The zero-order valence-electron chi connectivity index (χ0n) is 11.2. The first-order chi connectivity index (χ1) is 9.01. The van der Waals surface area contributed by atoms with Crippen molar-refractivity contribution >= 4 is 11.0 Å². The van der Waals surface area contributed by atoms with Crippen LogP contribution >= 0.6 is 0 Å². The summed E-state index contributed by atoms with van der Waals surface area (Å²) in [5.74, 6) is 0.310. The minimum Gasteiger partial charge on any atom is -0.502 e. The third-order valence-electron chi connectivity index (χ3n) is 2.85. The fourth-order valence-electron chi connectivity index (χ4n) is 1.84. The van der Waals surface area contributed by atoms with Crippen LogP contribution in [0.4, 0.5) is 0 Å². The van der Waals surface area contributed by atoms with Gasteiger partial charge in [0.1, 0.15) is 11.3 Å². The summed E-state index contributed by atoms with van der Waals surface area (Å²) in [7, 11) is 1.59. The Morgan fingerprint density at radius 2 is 2.11 bits per heavy atom. The molecule has 0 aliphatic heterocycles. The zero-order valence-corrected chi connectivity index (χ0v) is 11.2. The maximum Gasteiger partial charge on any atom is 0.378 e. The number of ether oxygens (including phenoxy) is 1. The van der Waals surface area contributed by atoms with E-state index in [1.54, 1.807) is 19.2 Å². The predicted molar refractivity (Wildman–Crippen MR) is 73.8 cm³/mol. The van der Waals surface area contributed by atoms with E-state index in [2.05, 4.69) is 6.08 Å². The van der Waals surface area contributed by atoms with Crippen molar-refractivity contribution in [3.63, 3.8) is 0 Å². The van der Waals surface area contributed by atoms with E-state index in [-0.39, 0.29) is 0 Å². The second-order valence-electron chi connectivity index (χ2n) is 4.61. The van der Waals surface area contributed by atoms with Crippen molar-refractivity contribution in [3.05, 3.63) is 45.8 Å². The summed E-state index contributed by atoms with van der Waals surface area (Å²) in [5.41, 5.74) is 1.85. The molecule has 0 aliphatic rings. The van der Waals surface area contributed by atoms with E-state index in [1.165, 1.54) is 11.6 Å². The molecule has 0 saturated heterocycles. The van der Waals surface area contributed by atoms with Gasteiger partial charge >= 0.3 is 5.63 Å². The second kappa shape index (κ2) is 5.18. The van der Waals surface area contributed by atoms with Gasteiger partial charge in [0.15, 0.2) is 0 Å². The molecule has 1 N–H and O–H groups in total. The van der Waals surface area contributed by atoms with Gasteiger partial charge in [0.2, 0.25) is 5.75 Å². The van der Waals surface area contributed by atoms with Crippen LogP contribution in [0.2, 0.25) is 0 Å². The van der Waals surface area contributed by atoms with Gasteiger partial charge in [-0.25, -0.2) is 4.79 Å². The molecule has 0 unspecified atom stereocenters. The molecule has 19 heavy (non-hydrogen) atoms. The highest BCUT2D eigenvalue weighted by Gasteiger charge is 2.09. The van der Waals surface area contributed by atoms with Gasteiger partial charge in [-0.2, -0.15) is 0 Å². The molecule has 0 fully saturated rings. The quantitative estimate of drug-likeness (QED) is 0.680. The summed E-state index contributed by atoms with van der Waals surface area (Å²) >= 11 is 0. The highest BCUT2D eigenvalue weighted by Crippen LogP contribution is 2.27. The van der Waals surface area contributed by atoms with Gasteiger partial charge in [0.05, 0.1) is 7.11 Å². The molecule has 4 heteroatoms. The largest absolute Gasteiger partial charge is 0.502 e. The predicted octanol–water partition coefficient (Wildman–Crippen LogP) is 3.02. The molecule has 2 aromatic rings. The lowest BCUT2D eigenvalue weighted by Crippen LogP contribution is -1.98. The molecule has 1 aromatic carbocycles. The van der Waals surface area contributed by atoms with Crippen LogP contribution in [0.25, 0.3) is 11.0 Å². The fraction of sp³-hybridized carbons (Fsp3) is 0.267. The van der Waals surface area contributed by atoms with E-state index in [9.17, 15) is 9.90 Å². The van der Waals surface area contributed by atoms with Crippen LogP contribution in [0.3, 0.4) is 0 Å². The molecule has 0 radical (unpaired) electrons. The van der Waals surface area contributed by atoms with Crippen molar-refractivity contribution in [1.29, 1.82) is 0 Å². The van der Waals surface area contributed by atoms with Crippen LogP contribution in [0.1, 0.15) is 19.4 Å². The average Bonchev–Trinajstić information content (AvgIpc) is 2.37. The van der Waals surface area contributed by atoms with Gasteiger partial charge < -0.3 is 14.3 Å². The third kappa shape index (κ3) is 2.78. The second-order valence-corrected chi connectivity index (χ2v) is 4.61. The van der Waals surface area contributed by atoms with Gasteiger partial charge in [0, 0.05) is 10.9 Å². The monoisotopic (exact) mass is 260 g/mol. The maximum atomic E-state index is 11.3. The minimum absolute atomic E-state index is 0.397. The molecule has 0 atom stereocenters. The Morgan fingerprint density at radius 3 is 2.74 bits per heavy atom. The first-order valence-corrected chi connectivity index (χ1v) is 5.98. The Hall–Kier alpha value is -2.23. The first kappa shape index (κ1) is 13.2. The van der Waals surface area contributed by atoms with E-state index < -0.39 is 11.4 Å². The topological polar surface area (TPSA) is 59.7 Å². The molecule has 0 bridgehead atoms. The average molecular weight is 260 g/mol. The summed E-state index contributed by atoms with van der Waals surface area (Å²) in [4.78, 5) is 11.3. The lowest BCUT2D eigenvalue weighted by Gasteiger charge is -2.08. The highest BCUT2D eigenvalue weighted by molar-refractivity contribution is 5.80. The fourth-order valence-corrected chi connectivity index (χ4v) is 1.84. The molecule has 0 aliphatic carbocycles. The van der Waals surface area contributed by atoms with Crippen molar-refractivity contribution in [2.24, 2.45) is 0 Å². The van der Waals surface area contributed by atoms with E-state index in [1.807, 2.05) is 13.8 Å². The van der Waals surface area contributed by atoms with E-state index >= 15 is 0 Å². The standard InChI is InChI=1S/C15H16O4/c1-9(2)4-5-10-7-14-11(8-13(10)18-3)6-12(16)15(17)19-14/h4,6-8,16H,5H2,1-3H3.